The standard InChI is InChI=1S/C22H27NO5/c1-13-20(22(25)28-10-9-26-3)14(2)23-17-11-15(12-18(24)21(13)17)16-7-5-6-8-19(16)27-4/h5-8,11,13,15,20-21H,9-10,12H2,1-4H3. The number of hydrogen-bond acceptors (Lipinski definition) is 6. The number of Topliss-reactive ketones (excluding diaryl/α,β-unsaturated/α-hetero) is 1. The Hall–Kier alpha value is -2.47. The molecule has 4 atom stereocenters. The molecule has 3 rings (SSSR count). The van der Waals surface area contributed by atoms with Crippen LogP contribution in [0.2, 0.25) is 0 Å². The highest BCUT2D eigenvalue weighted by Crippen LogP contribution is 2.43. The van der Waals surface area contributed by atoms with Crippen LogP contribution >= 0.6 is 0 Å². The molecule has 1 aliphatic heterocycles. The number of hydrogen-bond donors (Lipinski definition) is 0. The summed E-state index contributed by atoms with van der Waals surface area (Å²) in [5, 5.41) is 0. The van der Waals surface area contributed by atoms with Crippen molar-refractivity contribution in [3.05, 3.63) is 41.6 Å². The Morgan fingerprint density at radius 3 is 2.68 bits per heavy atom. The van der Waals surface area contributed by atoms with Gasteiger partial charge in [0.15, 0.2) is 0 Å². The van der Waals surface area contributed by atoms with E-state index in [0.717, 1.165) is 17.0 Å². The first-order valence-electron chi connectivity index (χ1n) is 9.56. The molecule has 150 valence electrons. The van der Waals surface area contributed by atoms with Gasteiger partial charge in [-0.15, -0.1) is 0 Å². The molecule has 0 fully saturated rings. The number of fused-ring (bicyclic) bond motifs is 1. The lowest BCUT2D eigenvalue weighted by atomic mass is 9.69. The van der Waals surface area contributed by atoms with Crippen molar-refractivity contribution in [2.75, 3.05) is 27.4 Å². The number of aliphatic imine (C=N–C) groups is 1. The second kappa shape index (κ2) is 8.69. The zero-order valence-corrected chi connectivity index (χ0v) is 16.8. The van der Waals surface area contributed by atoms with Gasteiger partial charge in [-0.05, 0) is 18.9 Å². The molecule has 4 unspecified atom stereocenters. The highest BCUT2D eigenvalue weighted by atomic mass is 16.6. The first kappa shape index (κ1) is 20.3. The Kier molecular flexibility index (Phi) is 6.29. The maximum Gasteiger partial charge on any atom is 0.315 e. The normalized spacial score (nSPS) is 26.8. The molecule has 1 aromatic carbocycles. The number of rotatable bonds is 6. The third kappa shape index (κ3) is 3.87. The monoisotopic (exact) mass is 385 g/mol. The van der Waals surface area contributed by atoms with Crippen LogP contribution in [-0.4, -0.2) is 44.9 Å². The Morgan fingerprint density at radius 2 is 1.96 bits per heavy atom. The molecule has 2 aliphatic rings. The Bertz CT molecular complexity index is 813. The molecule has 0 spiro atoms. The lowest BCUT2D eigenvalue weighted by Gasteiger charge is -2.37. The molecule has 0 aromatic heterocycles. The number of para-hydroxylation sites is 1. The SMILES string of the molecule is COCCOC(=O)C1C(C)=NC2=CC(c3ccccc3OC)CC(=O)C2C1C. The van der Waals surface area contributed by atoms with Crippen molar-refractivity contribution in [1.82, 2.24) is 0 Å². The molecule has 0 N–H and O–H groups in total. The number of nitrogens with zero attached hydrogens (tertiary/aromatic N) is 1. The number of ketones is 1. The van der Waals surface area contributed by atoms with Gasteiger partial charge in [-0.3, -0.25) is 14.6 Å². The molecule has 0 saturated heterocycles. The largest absolute Gasteiger partial charge is 0.496 e. The van der Waals surface area contributed by atoms with Crippen molar-refractivity contribution in [2.24, 2.45) is 22.7 Å². The number of methoxy groups -OCH3 is 2. The topological polar surface area (TPSA) is 74.2 Å². The average molecular weight is 385 g/mol. The van der Waals surface area contributed by atoms with Crippen LogP contribution in [0.15, 0.2) is 41.0 Å². The van der Waals surface area contributed by atoms with E-state index in [1.165, 1.54) is 0 Å². The third-order valence-electron chi connectivity index (χ3n) is 5.59. The van der Waals surface area contributed by atoms with Gasteiger partial charge in [0.25, 0.3) is 0 Å². The molecule has 1 aromatic rings. The van der Waals surface area contributed by atoms with E-state index >= 15 is 0 Å². The zero-order chi connectivity index (χ0) is 20.3. The number of esters is 1. The fraction of sp³-hybridized carbons (Fsp3) is 0.500. The minimum Gasteiger partial charge on any atom is -0.496 e. The number of benzene rings is 1. The smallest absolute Gasteiger partial charge is 0.315 e. The lowest BCUT2D eigenvalue weighted by Crippen LogP contribution is -2.42. The quantitative estimate of drug-likeness (QED) is 0.555. The van der Waals surface area contributed by atoms with Gasteiger partial charge < -0.3 is 14.2 Å². The minimum atomic E-state index is -0.509. The fourth-order valence-corrected chi connectivity index (χ4v) is 4.27. The number of ether oxygens (including phenoxy) is 3. The predicted octanol–water partition coefficient (Wildman–Crippen LogP) is 3.17. The van der Waals surface area contributed by atoms with Gasteiger partial charge in [-0.25, -0.2) is 0 Å². The maximum absolute atomic E-state index is 13.0. The summed E-state index contributed by atoms with van der Waals surface area (Å²) in [4.78, 5) is 30.2. The van der Waals surface area contributed by atoms with E-state index in [2.05, 4.69) is 11.1 Å². The van der Waals surface area contributed by atoms with E-state index in [9.17, 15) is 9.59 Å². The highest BCUT2D eigenvalue weighted by Gasteiger charge is 2.45. The molecule has 1 heterocycles. The molecule has 0 radical (unpaired) electrons. The maximum atomic E-state index is 13.0. The van der Waals surface area contributed by atoms with Gasteiger partial charge in [0.1, 0.15) is 18.1 Å². The van der Waals surface area contributed by atoms with E-state index in [4.69, 9.17) is 14.2 Å². The second-order valence-corrected chi connectivity index (χ2v) is 7.34. The summed E-state index contributed by atoms with van der Waals surface area (Å²) in [6.45, 7) is 4.30. The van der Waals surface area contributed by atoms with Crippen LogP contribution in [0.3, 0.4) is 0 Å². The summed E-state index contributed by atoms with van der Waals surface area (Å²) in [7, 11) is 3.18. The van der Waals surface area contributed by atoms with E-state index in [0.29, 0.717) is 18.7 Å². The van der Waals surface area contributed by atoms with Crippen LogP contribution in [0.4, 0.5) is 0 Å². The molecule has 0 saturated carbocycles. The number of carbonyl (C=O) groups is 2. The highest BCUT2D eigenvalue weighted by molar-refractivity contribution is 6.04. The second-order valence-electron chi connectivity index (χ2n) is 7.34. The van der Waals surface area contributed by atoms with Gasteiger partial charge in [0.2, 0.25) is 0 Å². The van der Waals surface area contributed by atoms with Gasteiger partial charge in [-0.2, -0.15) is 0 Å². The minimum absolute atomic E-state index is 0.0798. The van der Waals surface area contributed by atoms with E-state index in [1.807, 2.05) is 38.1 Å². The average Bonchev–Trinajstić information content (AvgIpc) is 2.67. The molecule has 1 aliphatic carbocycles. The van der Waals surface area contributed by atoms with Gasteiger partial charge >= 0.3 is 5.97 Å². The summed E-state index contributed by atoms with van der Waals surface area (Å²) in [6, 6.07) is 7.73. The van der Waals surface area contributed by atoms with Gasteiger partial charge in [0, 0.05) is 36.4 Å². The van der Waals surface area contributed by atoms with Crippen molar-refractivity contribution in [3.63, 3.8) is 0 Å². The van der Waals surface area contributed by atoms with E-state index in [1.54, 1.807) is 14.2 Å². The lowest BCUT2D eigenvalue weighted by molar-refractivity contribution is -0.149. The van der Waals surface area contributed by atoms with Crippen LogP contribution in [0, 0.1) is 17.8 Å². The summed E-state index contributed by atoms with van der Waals surface area (Å²) >= 11 is 0. The van der Waals surface area contributed by atoms with Crippen molar-refractivity contribution >= 4 is 17.5 Å². The molecule has 6 nitrogen and oxygen atoms in total. The van der Waals surface area contributed by atoms with Crippen molar-refractivity contribution in [3.8, 4) is 5.75 Å². The Morgan fingerprint density at radius 1 is 1.21 bits per heavy atom. The summed E-state index contributed by atoms with van der Waals surface area (Å²) in [5.74, 6) is -0.634. The summed E-state index contributed by atoms with van der Waals surface area (Å²) < 4.78 is 15.7. The Balaban J connectivity index is 1.90. The van der Waals surface area contributed by atoms with Crippen LogP contribution in [0.5, 0.6) is 5.75 Å². The third-order valence-corrected chi connectivity index (χ3v) is 5.59. The summed E-state index contributed by atoms with van der Waals surface area (Å²) in [6.07, 6.45) is 2.43. The predicted molar refractivity (Wildman–Crippen MR) is 106 cm³/mol. The fourth-order valence-electron chi connectivity index (χ4n) is 4.27. The first-order chi connectivity index (χ1) is 13.5. The van der Waals surface area contributed by atoms with Gasteiger partial charge in [0.05, 0.1) is 25.6 Å². The van der Waals surface area contributed by atoms with Crippen molar-refractivity contribution in [1.29, 1.82) is 0 Å². The van der Waals surface area contributed by atoms with Crippen LogP contribution < -0.4 is 4.74 Å². The van der Waals surface area contributed by atoms with E-state index < -0.39 is 5.92 Å². The zero-order valence-electron chi connectivity index (χ0n) is 16.8. The molecule has 28 heavy (non-hydrogen) atoms. The van der Waals surface area contributed by atoms with E-state index in [-0.39, 0.29) is 36.1 Å². The summed E-state index contributed by atoms with van der Waals surface area (Å²) in [5.41, 5.74) is 2.41. The van der Waals surface area contributed by atoms with Crippen molar-refractivity contribution in [2.45, 2.75) is 26.2 Å². The van der Waals surface area contributed by atoms with Crippen LogP contribution in [0.1, 0.15) is 31.7 Å². The molecule has 0 bridgehead atoms. The van der Waals surface area contributed by atoms with Crippen LogP contribution in [0.25, 0.3) is 0 Å². The molecular weight excluding hydrogens is 358 g/mol. The molecular formula is C22H27NO5. The number of allylic oxidation sites excluding steroid dienone is 2. The first-order valence-corrected chi connectivity index (χ1v) is 9.56. The molecule has 6 heteroatoms. The van der Waals surface area contributed by atoms with Crippen molar-refractivity contribution < 1.29 is 23.8 Å². The Labute approximate surface area is 165 Å². The van der Waals surface area contributed by atoms with Crippen LogP contribution in [-0.2, 0) is 19.1 Å². The molecule has 0 amide bonds. The van der Waals surface area contributed by atoms with Gasteiger partial charge in [-0.1, -0.05) is 31.2 Å². The number of carbonyl (C=O) groups excluding carboxylic acids is 2.